The molecule has 0 radical (unpaired) electrons. The van der Waals surface area contributed by atoms with Crippen LogP contribution in [0.5, 0.6) is 5.75 Å². The summed E-state index contributed by atoms with van der Waals surface area (Å²) in [4.78, 5) is -0.180. The van der Waals surface area contributed by atoms with E-state index in [1.807, 2.05) is 0 Å². The number of halogens is 1. The van der Waals surface area contributed by atoms with Crippen molar-refractivity contribution in [2.24, 2.45) is 0 Å². The summed E-state index contributed by atoms with van der Waals surface area (Å²) in [6.45, 7) is -0.0526. The standard InChI is InChI=1S/C14H20FNO4S/c1-20-13-6-5-11(9-12(13)15)21(18,19)16-10-14(17)7-3-2-4-8-14/h5-6,9,16-17H,2-4,7-8,10H2,1H3. The zero-order chi connectivity index (χ0) is 15.5. The Morgan fingerprint density at radius 2 is 2.00 bits per heavy atom. The number of aliphatic hydroxyl groups is 1. The fraction of sp³-hybridized carbons (Fsp3) is 0.571. The van der Waals surface area contributed by atoms with Gasteiger partial charge in [-0.25, -0.2) is 17.5 Å². The molecule has 0 spiro atoms. The van der Waals surface area contributed by atoms with E-state index >= 15 is 0 Å². The first kappa shape index (κ1) is 16.2. The molecule has 118 valence electrons. The van der Waals surface area contributed by atoms with Gasteiger partial charge >= 0.3 is 0 Å². The topological polar surface area (TPSA) is 75.6 Å². The maximum atomic E-state index is 13.6. The molecule has 7 heteroatoms. The van der Waals surface area contributed by atoms with Crippen LogP contribution < -0.4 is 9.46 Å². The highest BCUT2D eigenvalue weighted by Gasteiger charge is 2.31. The van der Waals surface area contributed by atoms with Crippen LogP contribution in [0.3, 0.4) is 0 Å². The van der Waals surface area contributed by atoms with Crippen molar-refractivity contribution in [1.82, 2.24) is 4.72 Å². The molecule has 0 unspecified atom stereocenters. The summed E-state index contributed by atoms with van der Waals surface area (Å²) in [7, 11) is -2.54. The Balaban J connectivity index is 2.09. The number of ether oxygens (including phenoxy) is 1. The van der Waals surface area contributed by atoms with Gasteiger partial charge in [-0.3, -0.25) is 0 Å². The minimum atomic E-state index is -3.85. The zero-order valence-corrected chi connectivity index (χ0v) is 12.7. The summed E-state index contributed by atoms with van der Waals surface area (Å²) < 4.78 is 45.0. The predicted octanol–water partition coefficient (Wildman–Crippen LogP) is 1.81. The van der Waals surface area contributed by atoms with Gasteiger partial charge in [0.1, 0.15) is 0 Å². The lowest BCUT2D eigenvalue weighted by atomic mass is 9.85. The van der Waals surface area contributed by atoms with Crippen LogP contribution in [0.4, 0.5) is 4.39 Å². The third-order valence-corrected chi connectivity index (χ3v) is 5.21. The van der Waals surface area contributed by atoms with E-state index in [-0.39, 0.29) is 17.2 Å². The van der Waals surface area contributed by atoms with Crippen molar-refractivity contribution in [1.29, 1.82) is 0 Å². The molecular formula is C14H20FNO4S. The first-order valence-electron chi connectivity index (χ1n) is 6.92. The van der Waals surface area contributed by atoms with Crippen LogP contribution >= 0.6 is 0 Å². The van der Waals surface area contributed by atoms with E-state index in [1.165, 1.54) is 19.2 Å². The maximum absolute atomic E-state index is 13.6. The van der Waals surface area contributed by atoms with E-state index in [2.05, 4.69) is 4.72 Å². The molecule has 0 aromatic heterocycles. The van der Waals surface area contributed by atoms with Crippen molar-refractivity contribution in [3.05, 3.63) is 24.0 Å². The molecule has 0 bridgehead atoms. The largest absolute Gasteiger partial charge is 0.494 e. The number of sulfonamides is 1. The summed E-state index contributed by atoms with van der Waals surface area (Å²) >= 11 is 0. The molecule has 1 fully saturated rings. The summed E-state index contributed by atoms with van der Waals surface area (Å²) in [5.74, 6) is -0.753. The van der Waals surface area contributed by atoms with Crippen molar-refractivity contribution in [2.75, 3.05) is 13.7 Å². The SMILES string of the molecule is COc1ccc(S(=O)(=O)NCC2(O)CCCCC2)cc1F. The quantitative estimate of drug-likeness (QED) is 0.868. The second-order valence-electron chi connectivity index (χ2n) is 5.41. The van der Waals surface area contributed by atoms with Gasteiger partial charge in [0.05, 0.1) is 17.6 Å². The lowest BCUT2D eigenvalue weighted by molar-refractivity contribution is 0.00945. The van der Waals surface area contributed by atoms with Crippen LogP contribution in [0.25, 0.3) is 0 Å². The molecule has 21 heavy (non-hydrogen) atoms. The van der Waals surface area contributed by atoms with Gasteiger partial charge in [-0.15, -0.1) is 0 Å². The van der Waals surface area contributed by atoms with E-state index in [1.54, 1.807) is 0 Å². The first-order chi connectivity index (χ1) is 9.86. The molecule has 2 N–H and O–H groups in total. The summed E-state index contributed by atoms with van der Waals surface area (Å²) in [6, 6.07) is 3.44. The lowest BCUT2D eigenvalue weighted by Crippen LogP contribution is -2.44. The monoisotopic (exact) mass is 317 g/mol. The van der Waals surface area contributed by atoms with E-state index in [9.17, 15) is 17.9 Å². The third kappa shape index (κ3) is 3.93. The molecule has 1 saturated carbocycles. The molecule has 1 aromatic carbocycles. The smallest absolute Gasteiger partial charge is 0.240 e. The molecule has 0 aliphatic heterocycles. The molecular weight excluding hydrogens is 297 g/mol. The Morgan fingerprint density at radius 1 is 1.33 bits per heavy atom. The van der Waals surface area contributed by atoms with Gasteiger partial charge in [-0.1, -0.05) is 19.3 Å². The Labute approximate surface area is 124 Å². The molecule has 2 rings (SSSR count). The summed E-state index contributed by atoms with van der Waals surface area (Å²) in [6.07, 6.45) is 3.97. The molecule has 0 amide bonds. The molecule has 0 atom stereocenters. The van der Waals surface area contributed by atoms with Gasteiger partial charge in [0, 0.05) is 6.54 Å². The zero-order valence-electron chi connectivity index (χ0n) is 11.9. The van der Waals surface area contributed by atoms with Crippen LogP contribution in [-0.4, -0.2) is 32.8 Å². The lowest BCUT2D eigenvalue weighted by Gasteiger charge is -2.32. The fourth-order valence-electron chi connectivity index (χ4n) is 2.51. The van der Waals surface area contributed by atoms with Crippen molar-refractivity contribution in [2.45, 2.75) is 42.6 Å². The number of methoxy groups -OCH3 is 1. The molecule has 1 aromatic rings. The van der Waals surface area contributed by atoms with Gasteiger partial charge in [0.15, 0.2) is 11.6 Å². The molecule has 5 nitrogen and oxygen atoms in total. The van der Waals surface area contributed by atoms with E-state index in [0.29, 0.717) is 12.8 Å². The van der Waals surface area contributed by atoms with Crippen LogP contribution in [-0.2, 0) is 10.0 Å². The predicted molar refractivity (Wildman–Crippen MR) is 76.2 cm³/mol. The van der Waals surface area contributed by atoms with Gasteiger partial charge in [-0.2, -0.15) is 0 Å². The molecule has 1 aliphatic rings. The van der Waals surface area contributed by atoms with Gasteiger partial charge in [0.25, 0.3) is 0 Å². The normalized spacial score (nSPS) is 18.4. The minimum Gasteiger partial charge on any atom is -0.494 e. The molecule has 0 heterocycles. The van der Waals surface area contributed by atoms with E-state index in [0.717, 1.165) is 25.3 Å². The Morgan fingerprint density at radius 3 is 2.57 bits per heavy atom. The van der Waals surface area contributed by atoms with E-state index in [4.69, 9.17) is 4.74 Å². The highest BCUT2D eigenvalue weighted by molar-refractivity contribution is 7.89. The maximum Gasteiger partial charge on any atom is 0.240 e. The van der Waals surface area contributed by atoms with Crippen LogP contribution in [0.15, 0.2) is 23.1 Å². The van der Waals surface area contributed by atoms with Crippen LogP contribution in [0.1, 0.15) is 32.1 Å². The number of rotatable bonds is 5. The van der Waals surface area contributed by atoms with Crippen LogP contribution in [0.2, 0.25) is 0 Å². The summed E-state index contributed by atoms with van der Waals surface area (Å²) in [5, 5.41) is 10.3. The summed E-state index contributed by atoms with van der Waals surface area (Å²) in [5.41, 5.74) is -1.00. The second-order valence-corrected chi connectivity index (χ2v) is 7.17. The molecule has 0 saturated heterocycles. The number of hydrogen-bond acceptors (Lipinski definition) is 4. The number of hydrogen-bond donors (Lipinski definition) is 2. The number of nitrogens with one attached hydrogen (secondary N) is 1. The Hall–Kier alpha value is -1.18. The minimum absolute atomic E-state index is 0.0140. The number of benzene rings is 1. The average Bonchev–Trinajstić information content (AvgIpc) is 2.46. The average molecular weight is 317 g/mol. The van der Waals surface area contributed by atoms with Crippen molar-refractivity contribution in [3.63, 3.8) is 0 Å². The van der Waals surface area contributed by atoms with Crippen molar-refractivity contribution >= 4 is 10.0 Å². The van der Waals surface area contributed by atoms with Gasteiger partial charge in [-0.05, 0) is 31.0 Å². The van der Waals surface area contributed by atoms with Gasteiger partial charge in [0.2, 0.25) is 10.0 Å². The fourth-order valence-corrected chi connectivity index (χ4v) is 3.64. The van der Waals surface area contributed by atoms with Crippen LogP contribution in [0, 0.1) is 5.82 Å². The Kier molecular flexibility index (Phi) is 4.85. The van der Waals surface area contributed by atoms with Crippen molar-refractivity contribution < 1.29 is 22.7 Å². The highest BCUT2D eigenvalue weighted by atomic mass is 32.2. The van der Waals surface area contributed by atoms with E-state index < -0.39 is 21.4 Å². The second kappa shape index (κ2) is 6.29. The first-order valence-corrected chi connectivity index (χ1v) is 8.40. The van der Waals surface area contributed by atoms with Crippen molar-refractivity contribution in [3.8, 4) is 5.75 Å². The highest BCUT2D eigenvalue weighted by Crippen LogP contribution is 2.28. The Bertz CT molecular complexity index is 597. The third-order valence-electron chi connectivity index (χ3n) is 3.81. The van der Waals surface area contributed by atoms with Gasteiger partial charge < -0.3 is 9.84 Å². The molecule has 1 aliphatic carbocycles.